The first-order valence-corrected chi connectivity index (χ1v) is 12.1. The molecule has 2 unspecified atom stereocenters. The van der Waals surface area contributed by atoms with Gasteiger partial charge in [0.25, 0.3) is 11.8 Å². The lowest BCUT2D eigenvalue weighted by atomic mass is 10.0. The van der Waals surface area contributed by atoms with E-state index in [1.165, 1.54) is 5.56 Å². The Morgan fingerprint density at radius 1 is 1.15 bits per heavy atom. The third kappa shape index (κ3) is 5.62. The minimum absolute atomic E-state index is 0.113. The number of anilines is 2. The van der Waals surface area contributed by atoms with Gasteiger partial charge in [0.2, 0.25) is 5.78 Å². The van der Waals surface area contributed by atoms with Crippen LogP contribution in [0.2, 0.25) is 0 Å². The first-order valence-electron chi connectivity index (χ1n) is 12.1. The fourth-order valence-corrected chi connectivity index (χ4v) is 4.52. The van der Waals surface area contributed by atoms with Gasteiger partial charge in [0.15, 0.2) is 0 Å². The molecule has 182 valence electrons. The number of aromatic nitrogens is 1. The van der Waals surface area contributed by atoms with E-state index in [0.717, 1.165) is 38.2 Å². The average molecular weight is 466 g/mol. The molecule has 3 N–H and O–H groups in total. The minimum atomic E-state index is -1.04. The molecule has 0 saturated heterocycles. The number of amides is 2. The molecule has 1 aromatic heterocycles. The normalized spacial score (nSPS) is 15.8. The van der Waals surface area contributed by atoms with Crippen LogP contribution in [0.3, 0.4) is 0 Å². The van der Waals surface area contributed by atoms with Crippen LogP contribution in [0.5, 0.6) is 0 Å². The first-order chi connectivity index (χ1) is 16.4. The topological polar surface area (TPSA) is 109 Å². The second kappa shape index (κ2) is 11.7. The van der Waals surface area contributed by atoms with Gasteiger partial charge in [-0.05, 0) is 49.7 Å². The number of fused-ring (bicyclic) bond motifs is 1. The standard InChI is InChI=1S/C26H35N5O3/c1-4-7-13-21(23(32)24(27)33)29-26(34)20-12-10-15-28-25(20)31-19(17-30(5-2)6-3)16-18-11-8-9-14-22(18)31/h8-12,14-15,19,21H,4-7,13,16-17H2,1-3H3,(H2,27,33)(H,29,34). The summed E-state index contributed by atoms with van der Waals surface area (Å²) in [5, 5.41) is 2.75. The van der Waals surface area contributed by atoms with Crippen LogP contribution in [0.1, 0.15) is 56.0 Å². The highest BCUT2D eigenvalue weighted by Crippen LogP contribution is 2.39. The fourth-order valence-electron chi connectivity index (χ4n) is 4.52. The molecule has 1 aliphatic heterocycles. The zero-order valence-corrected chi connectivity index (χ0v) is 20.3. The summed E-state index contributed by atoms with van der Waals surface area (Å²) in [6.07, 6.45) is 4.40. The van der Waals surface area contributed by atoms with Gasteiger partial charge in [-0.15, -0.1) is 0 Å². The van der Waals surface area contributed by atoms with E-state index in [2.05, 4.69) is 46.1 Å². The summed E-state index contributed by atoms with van der Waals surface area (Å²) in [5.74, 6) is -1.72. The van der Waals surface area contributed by atoms with E-state index in [9.17, 15) is 14.4 Å². The molecule has 34 heavy (non-hydrogen) atoms. The van der Waals surface area contributed by atoms with Crippen molar-refractivity contribution < 1.29 is 14.4 Å². The Hall–Kier alpha value is -3.26. The van der Waals surface area contributed by atoms with E-state index in [0.29, 0.717) is 24.2 Å². The van der Waals surface area contributed by atoms with Gasteiger partial charge in [0.1, 0.15) is 5.82 Å². The van der Waals surface area contributed by atoms with Crippen LogP contribution in [-0.2, 0) is 16.0 Å². The molecule has 2 amide bonds. The number of nitrogens with one attached hydrogen (secondary N) is 1. The van der Waals surface area contributed by atoms with Crippen LogP contribution in [0.25, 0.3) is 0 Å². The Bertz CT molecular complexity index is 1020. The number of rotatable bonds is 12. The van der Waals surface area contributed by atoms with Gasteiger partial charge >= 0.3 is 0 Å². The molecule has 0 bridgehead atoms. The van der Waals surface area contributed by atoms with Crippen molar-refractivity contribution in [2.45, 2.75) is 58.5 Å². The van der Waals surface area contributed by atoms with Gasteiger partial charge in [0.05, 0.1) is 17.6 Å². The summed E-state index contributed by atoms with van der Waals surface area (Å²) < 4.78 is 0. The van der Waals surface area contributed by atoms with E-state index in [1.807, 2.05) is 19.1 Å². The maximum absolute atomic E-state index is 13.4. The van der Waals surface area contributed by atoms with Crippen LogP contribution in [0.15, 0.2) is 42.6 Å². The highest BCUT2D eigenvalue weighted by atomic mass is 16.2. The number of Topliss-reactive ketones (excluding diaryl/α,β-unsaturated/α-hetero) is 1. The van der Waals surface area contributed by atoms with Gasteiger partial charge in [-0.2, -0.15) is 0 Å². The number of benzene rings is 1. The number of ketones is 1. The Balaban J connectivity index is 1.96. The van der Waals surface area contributed by atoms with E-state index in [-0.39, 0.29) is 6.04 Å². The number of primary amides is 1. The maximum Gasteiger partial charge on any atom is 0.287 e. The predicted octanol–water partition coefficient (Wildman–Crippen LogP) is 2.83. The van der Waals surface area contributed by atoms with E-state index < -0.39 is 23.6 Å². The number of hydrogen-bond acceptors (Lipinski definition) is 6. The Morgan fingerprint density at radius 2 is 1.88 bits per heavy atom. The van der Waals surface area contributed by atoms with Crippen molar-refractivity contribution in [1.29, 1.82) is 0 Å². The smallest absolute Gasteiger partial charge is 0.287 e. The van der Waals surface area contributed by atoms with Gasteiger partial charge in [-0.25, -0.2) is 4.98 Å². The van der Waals surface area contributed by atoms with Crippen molar-refractivity contribution in [2.24, 2.45) is 5.73 Å². The third-order valence-corrected chi connectivity index (χ3v) is 6.41. The van der Waals surface area contributed by atoms with Crippen LogP contribution < -0.4 is 16.0 Å². The summed E-state index contributed by atoms with van der Waals surface area (Å²) in [6, 6.07) is 10.7. The first kappa shape index (κ1) is 25.4. The molecule has 1 aliphatic rings. The fraction of sp³-hybridized carbons (Fsp3) is 0.462. The number of carbonyl (C=O) groups is 3. The summed E-state index contributed by atoms with van der Waals surface area (Å²) >= 11 is 0. The molecule has 1 aromatic carbocycles. The number of hydrogen-bond donors (Lipinski definition) is 2. The molecule has 0 saturated carbocycles. The average Bonchev–Trinajstić information content (AvgIpc) is 3.22. The third-order valence-electron chi connectivity index (χ3n) is 6.41. The van der Waals surface area contributed by atoms with Gasteiger partial charge in [0, 0.05) is 18.4 Å². The molecule has 0 fully saturated rings. The Labute approximate surface area is 201 Å². The lowest BCUT2D eigenvalue weighted by molar-refractivity contribution is -0.137. The highest BCUT2D eigenvalue weighted by molar-refractivity contribution is 6.38. The van der Waals surface area contributed by atoms with Crippen LogP contribution in [-0.4, -0.2) is 59.2 Å². The van der Waals surface area contributed by atoms with Gasteiger partial charge in [-0.1, -0.05) is 51.8 Å². The molecule has 2 aromatic rings. The molecule has 8 heteroatoms. The Morgan fingerprint density at radius 3 is 2.56 bits per heavy atom. The van der Waals surface area contributed by atoms with Crippen molar-refractivity contribution in [1.82, 2.24) is 15.2 Å². The second-order valence-electron chi connectivity index (χ2n) is 8.61. The zero-order chi connectivity index (χ0) is 24.7. The van der Waals surface area contributed by atoms with E-state index in [4.69, 9.17) is 5.73 Å². The molecule has 0 aliphatic carbocycles. The molecule has 0 radical (unpaired) electrons. The lowest BCUT2D eigenvalue weighted by Gasteiger charge is -2.32. The number of carbonyl (C=O) groups excluding carboxylic acids is 3. The van der Waals surface area contributed by atoms with E-state index >= 15 is 0 Å². The molecule has 0 spiro atoms. The molecule has 3 rings (SSSR count). The monoisotopic (exact) mass is 465 g/mol. The minimum Gasteiger partial charge on any atom is -0.363 e. The lowest BCUT2D eigenvalue weighted by Crippen LogP contribution is -2.46. The molecule has 2 atom stereocenters. The molecule has 2 heterocycles. The van der Waals surface area contributed by atoms with Crippen LogP contribution >= 0.6 is 0 Å². The largest absolute Gasteiger partial charge is 0.363 e. The predicted molar refractivity (Wildman–Crippen MR) is 133 cm³/mol. The molecule has 8 nitrogen and oxygen atoms in total. The number of nitrogens with two attached hydrogens (primary N) is 1. The zero-order valence-electron chi connectivity index (χ0n) is 20.3. The van der Waals surface area contributed by atoms with Gasteiger partial charge < -0.3 is 20.9 Å². The summed E-state index contributed by atoms with van der Waals surface area (Å²) in [7, 11) is 0. The van der Waals surface area contributed by atoms with Crippen molar-refractivity contribution in [2.75, 3.05) is 24.5 Å². The van der Waals surface area contributed by atoms with Crippen LogP contribution in [0.4, 0.5) is 11.5 Å². The Kier molecular flexibility index (Phi) is 8.76. The number of unbranched alkanes of at least 4 members (excludes halogenated alkanes) is 1. The summed E-state index contributed by atoms with van der Waals surface area (Å²) in [6.45, 7) is 8.96. The van der Waals surface area contributed by atoms with Crippen LogP contribution in [0, 0.1) is 0 Å². The molecular formula is C26H35N5O3. The summed E-state index contributed by atoms with van der Waals surface area (Å²) in [5.41, 5.74) is 7.84. The highest BCUT2D eigenvalue weighted by Gasteiger charge is 2.35. The van der Waals surface area contributed by atoms with Crippen molar-refractivity contribution in [3.8, 4) is 0 Å². The van der Waals surface area contributed by atoms with Gasteiger partial charge in [-0.3, -0.25) is 14.4 Å². The molecular weight excluding hydrogens is 430 g/mol. The number of para-hydroxylation sites is 1. The van der Waals surface area contributed by atoms with E-state index in [1.54, 1.807) is 18.3 Å². The number of nitrogens with zero attached hydrogens (tertiary/aromatic N) is 3. The quantitative estimate of drug-likeness (QED) is 0.467. The maximum atomic E-state index is 13.4. The number of pyridine rings is 1. The second-order valence-corrected chi connectivity index (χ2v) is 8.61. The number of likely N-dealkylation sites (N-methyl/N-ethyl adjacent to an activating group) is 1. The van der Waals surface area contributed by atoms with Crippen molar-refractivity contribution in [3.05, 3.63) is 53.7 Å². The summed E-state index contributed by atoms with van der Waals surface area (Å²) in [4.78, 5) is 46.4. The van der Waals surface area contributed by atoms with Crippen molar-refractivity contribution >= 4 is 29.1 Å². The van der Waals surface area contributed by atoms with Crippen molar-refractivity contribution in [3.63, 3.8) is 0 Å². The SMILES string of the molecule is CCCCC(NC(=O)c1cccnc1N1c2ccccc2CC1CN(CC)CC)C(=O)C(N)=O.